The zero-order chi connectivity index (χ0) is 18.7. The van der Waals surface area contributed by atoms with E-state index >= 15 is 0 Å². The number of benzene rings is 2. The van der Waals surface area contributed by atoms with Gasteiger partial charge in [0.05, 0.1) is 23.3 Å². The first kappa shape index (κ1) is 16.2. The Morgan fingerprint density at radius 1 is 0.926 bits per heavy atom. The molecule has 0 amide bonds. The minimum atomic E-state index is 1.000. The van der Waals surface area contributed by atoms with Crippen LogP contribution in [0.15, 0.2) is 48.7 Å². The van der Waals surface area contributed by atoms with Crippen LogP contribution in [0.1, 0.15) is 30.5 Å². The molecule has 3 heteroatoms. The average molecular weight is 354 g/mol. The van der Waals surface area contributed by atoms with Gasteiger partial charge in [-0.1, -0.05) is 38.1 Å². The summed E-state index contributed by atoms with van der Waals surface area (Å²) < 4.78 is 4.81. The zero-order valence-corrected chi connectivity index (χ0v) is 16.4. The Bertz CT molecular complexity index is 1360. The van der Waals surface area contributed by atoms with Gasteiger partial charge in [-0.25, -0.2) is 4.57 Å². The van der Waals surface area contributed by atoms with Crippen LogP contribution in [-0.2, 0) is 19.9 Å². The highest BCUT2D eigenvalue weighted by Crippen LogP contribution is 2.34. The van der Waals surface area contributed by atoms with Crippen LogP contribution in [0.4, 0.5) is 0 Å². The number of pyridine rings is 2. The lowest BCUT2D eigenvalue weighted by Gasteiger charge is -2.09. The van der Waals surface area contributed by atoms with E-state index in [2.05, 4.69) is 79.3 Å². The van der Waals surface area contributed by atoms with Crippen LogP contribution in [0, 0.1) is 6.92 Å². The molecule has 0 aliphatic rings. The van der Waals surface area contributed by atoms with Gasteiger partial charge in [0.25, 0.3) is 5.65 Å². The monoisotopic (exact) mass is 354 g/mol. The van der Waals surface area contributed by atoms with Gasteiger partial charge in [0, 0.05) is 11.8 Å². The predicted molar refractivity (Wildman–Crippen MR) is 112 cm³/mol. The molecule has 0 radical (unpaired) electrons. The summed E-state index contributed by atoms with van der Waals surface area (Å²) in [4.78, 5) is 4.86. The largest absolute Gasteiger partial charge is 0.297 e. The third kappa shape index (κ3) is 2.03. The Morgan fingerprint density at radius 2 is 1.67 bits per heavy atom. The molecule has 3 nitrogen and oxygen atoms in total. The number of hydrogen-bond acceptors (Lipinski definition) is 1. The van der Waals surface area contributed by atoms with E-state index in [9.17, 15) is 0 Å². The Morgan fingerprint density at radius 3 is 2.44 bits per heavy atom. The second-order valence-electron chi connectivity index (χ2n) is 7.37. The molecule has 3 heterocycles. The molecule has 5 rings (SSSR count). The van der Waals surface area contributed by atoms with Gasteiger partial charge in [0.2, 0.25) is 0 Å². The molecule has 2 aromatic carbocycles. The van der Waals surface area contributed by atoms with Gasteiger partial charge in [-0.15, -0.1) is 0 Å². The fraction of sp³-hybridized carbons (Fsp3) is 0.250. The smallest absolute Gasteiger partial charge is 0.255 e. The summed E-state index contributed by atoms with van der Waals surface area (Å²) in [6.07, 6.45) is 3.96. The first-order valence-electron chi connectivity index (χ1n) is 9.78. The van der Waals surface area contributed by atoms with Crippen molar-refractivity contribution in [3.8, 4) is 0 Å². The quantitative estimate of drug-likeness (QED) is 0.321. The van der Waals surface area contributed by atoms with E-state index in [4.69, 9.17) is 4.98 Å². The van der Waals surface area contributed by atoms with Crippen LogP contribution in [0.25, 0.3) is 38.5 Å². The molecule has 3 aromatic heterocycles. The van der Waals surface area contributed by atoms with Gasteiger partial charge in [-0.2, -0.15) is 4.40 Å². The number of aromatic nitrogens is 3. The second kappa shape index (κ2) is 5.78. The van der Waals surface area contributed by atoms with Crippen LogP contribution >= 0.6 is 0 Å². The Balaban J connectivity index is 2.26. The summed E-state index contributed by atoms with van der Waals surface area (Å²) >= 11 is 0. The lowest BCUT2D eigenvalue weighted by Crippen LogP contribution is -2.27. The van der Waals surface area contributed by atoms with Crippen molar-refractivity contribution in [2.75, 3.05) is 0 Å². The maximum atomic E-state index is 4.86. The van der Waals surface area contributed by atoms with Crippen molar-refractivity contribution in [1.82, 2.24) is 9.38 Å². The molecular formula is C24H24N3+. The maximum Gasteiger partial charge on any atom is 0.297 e. The summed E-state index contributed by atoms with van der Waals surface area (Å²) in [7, 11) is 2.18. The molecule has 0 bridgehead atoms. The summed E-state index contributed by atoms with van der Waals surface area (Å²) in [5.41, 5.74) is 10.2. The molecule has 0 N–H and O–H groups in total. The lowest BCUT2D eigenvalue weighted by molar-refractivity contribution is -0.617. The van der Waals surface area contributed by atoms with Crippen molar-refractivity contribution in [2.45, 2.75) is 33.6 Å². The molecule has 27 heavy (non-hydrogen) atoms. The zero-order valence-electron chi connectivity index (χ0n) is 16.4. The van der Waals surface area contributed by atoms with Crippen LogP contribution in [0.3, 0.4) is 0 Å². The number of rotatable bonds is 2. The SMILES string of the molecule is CCc1cccc2c1c1nccc(C)c1c1n2c2c(CC)cccc2[n+]1C. The summed E-state index contributed by atoms with van der Waals surface area (Å²) in [6.45, 7) is 6.66. The van der Waals surface area contributed by atoms with Crippen molar-refractivity contribution in [1.29, 1.82) is 0 Å². The van der Waals surface area contributed by atoms with Crippen LogP contribution < -0.4 is 4.57 Å². The molecule has 0 spiro atoms. The van der Waals surface area contributed by atoms with E-state index in [0.29, 0.717) is 0 Å². The van der Waals surface area contributed by atoms with E-state index in [-0.39, 0.29) is 0 Å². The van der Waals surface area contributed by atoms with E-state index in [1.54, 1.807) is 0 Å². The molecule has 5 aromatic rings. The van der Waals surface area contributed by atoms with Crippen molar-refractivity contribution in [3.05, 3.63) is 65.4 Å². The van der Waals surface area contributed by atoms with Crippen LogP contribution in [0.2, 0.25) is 0 Å². The fourth-order valence-corrected chi connectivity index (χ4v) is 4.65. The molecule has 0 atom stereocenters. The summed E-state index contributed by atoms with van der Waals surface area (Å²) in [5.74, 6) is 0. The number of fused-ring (bicyclic) bond motifs is 8. The number of hydrogen-bond donors (Lipinski definition) is 0. The Labute approximate surface area is 158 Å². The van der Waals surface area contributed by atoms with Crippen molar-refractivity contribution in [3.63, 3.8) is 0 Å². The number of nitrogens with zero attached hydrogens (tertiary/aromatic N) is 3. The first-order valence-corrected chi connectivity index (χ1v) is 9.78. The molecule has 0 saturated heterocycles. The standard InChI is InChI=1S/C24H24N3/c1-5-16-9-7-11-18-21(16)22-20(15(3)13-14-25-22)24-26(4)19-12-8-10-17(6-2)23(19)27(18)24/h7-14H,5-6H2,1-4H3/q+1. The molecule has 134 valence electrons. The van der Waals surface area contributed by atoms with Gasteiger partial charge in [-0.3, -0.25) is 4.98 Å². The average Bonchev–Trinajstić information content (AvgIpc) is 3.01. The van der Waals surface area contributed by atoms with E-state index in [0.717, 1.165) is 18.4 Å². The molecular weight excluding hydrogens is 330 g/mol. The maximum absolute atomic E-state index is 4.86. The summed E-state index contributed by atoms with van der Waals surface area (Å²) in [5, 5.41) is 2.54. The van der Waals surface area contributed by atoms with Crippen LogP contribution in [0.5, 0.6) is 0 Å². The van der Waals surface area contributed by atoms with Gasteiger partial charge < -0.3 is 0 Å². The highest BCUT2D eigenvalue weighted by atomic mass is 15.1. The molecule has 0 fully saturated rings. The molecule has 0 aliphatic heterocycles. The Kier molecular flexibility index (Phi) is 3.48. The van der Waals surface area contributed by atoms with Crippen LogP contribution in [-0.4, -0.2) is 9.38 Å². The normalized spacial score (nSPS) is 12.0. The number of aryl methyl sites for hydroxylation is 4. The van der Waals surface area contributed by atoms with E-state index in [1.807, 2.05) is 6.20 Å². The first-order chi connectivity index (χ1) is 13.2. The second-order valence-corrected chi connectivity index (χ2v) is 7.37. The minimum Gasteiger partial charge on any atom is -0.255 e. The molecule has 0 aliphatic carbocycles. The van der Waals surface area contributed by atoms with Gasteiger partial charge in [0.15, 0.2) is 11.0 Å². The van der Waals surface area contributed by atoms with Gasteiger partial charge in [-0.05, 0) is 49.1 Å². The lowest BCUT2D eigenvalue weighted by atomic mass is 10.0. The summed E-state index contributed by atoms with van der Waals surface area (Å²) in [6, 6.07) is 15.5. The molecule has 0 saturated carbocycles. The third-order valence-electron chi connectivity index (χ3n) is 5.96. The van der Waals surface area contributed by atoms with Crippen molar-refractivity contribution < 1.29 is 4.57 Å². The van der Waals surface area contributed by atoms with Gasteiger partial charge in [0.1, 0.15) is 5.52 Å². The fourth-order valence-electron chi connectivity index (χ4n) is 4.65. The highest BCUT2D eigenvalue weighted by molar-refractivity contribution is 6.13. The highest BCUT2D eigenvalue weighted by Gasteiger charge is 2.26. The minimum absolute atomic E-state index is 1.000. The van der Waals surface area contributed by atoms with E-state index in [1.165, 1.54) is 49.7 Å². The van der Waals surface area contributed by atoms with Gasteiger partial charge >= 0.3 is 0 Å². The Hall–Kier alpha value is -2.94. The van der Waals surface area contributed by atoms with E-state index < -0.39 is 0 Å². The topological polar surface area (TPSA) is 21.2 Å². The number of imidazole rings is 1. The predicted octanol–water partition coefficient (Wildman–Crippen LogP) is 5.05. The third-order valence-corrected chi connectivity index (χ3v) is 5.96. The number of para-hydroxylation sites is 1. The van der Waals surface area contributed by atoms with Crippen molar-refractivity contribution in [2.24, 2.45) is 7.05 Å². The molecule has 0 unspecified atom stereocenters. The van der Waals surface area contributed by atoms with Crippen molar-refractivity contribution >= 4 is 38.5 Å².